The largest absolute Gasteiger partial charge is 0.313 e. The smallest absolute Gasteiger partial charge is 0.210 e. The molecule has 1 aromatic carbocycles. The molecule has 0 atom stereocenters. The molecule has 1 aliphatic heterocycles. The van der Waals surface area contributed by atoms with Crippen LogP contribution in [-0.2, 0) is 0 Å². The van der Waals surface area contributed by atoms with Gasteiger partial charge in [-0.15, -0.1) is 0 Å². The van der Waals surface area contributed by atoms with E-state index in [4.69, 9.17) is 0 Å². The van der Waals surface area contributed by atoms with Crippen LogP contribution in [0.3, 0.4) is 0 Å². The number of nitrogens with one attached hydrogen (secondary N) is 1. The third-order valence-corrected chi connectivity index (χ3v) is 3.12. The molecule has 0 aromatic heterocycles. The summed E-state index contributed by atoms with van der Waals surface area (Å²) in [4.78, 5) is 14.6. The Bertz CT molecular complexity index is 422. The second-order valence-electron chi connectivity index (χ2n) is 4.46. The molecule has 4 nitrogen and oxygen atoms in total. The average molecular weight is 245 g/mol. The number of rotatable bonds is 5. The highest BCUT2D eigenvalue weighted by Crippen LogP contribution is 2.09. The summed E-state index contributed by atoms with van der Waals surface area (Å²) in [6, 6.07) is 9.32. The van der Waals surface area contributed by atoms with E-state index in [0.717, 1.165) is 13.1 Å². The maximum atomic E-state index is 12.3. The molecule has 1 aromatic rings. The first kappa shape index (κ1) is 12.8. The quantitative estimate of drug-likeness (QED) is 0.486. The monoisotopic (exact) mass is 245 g/mol. The minimum absolute atomic E-state index is 0.0110. The maximum Gasteiger partial charge on any atom is 0.210 e. The third-order valence-electron chi connectivity index (χ3n) is 3.12. The topological polar surface area (TPSA) is 44.7 Å². The van der Waals surface area contributed by atoms with Crippen LogP contribution in [0.25, 0.3) is 0 Å². The Morgan fingerprint density at radius 3 is 2.56 bits per heavy atom. The number of ketones is 1. The summed E-state index contributed by atoms with van der Waals surface area (Å²) in [6.07, 6.45) is 2.43. The zero-order chi connectivity index (χ0) is 12.8. The fraction of sp³-hybridized carbons (Fsp3) is 0.429. The summed E-state index contributed by atoms with van der Waals surface area (Å²) < 4.78 is 0. The highest BCUT2D eigenvalue weighted by Gasteiger charge is 2.19. The predicted molar refractivity (Wildman–Crippen MR) is 72.9 cm³/mol. The minimum Gasteiger partial charge on any atom is -0.313 e. The summed E-state index contributed by atoms with van der Waals surface area (Å²) in [6.45, 7) is 2.75. The van der Waals surface area contributed by atoms with Crippen LogP contribution in [0, 0.1) is 0 Å². The van der Waals surface area contributed by atoms with E-state index in [1.807, 2.05) is 30.3 Å². The molecule has 1 fully saturated rings. The first-order valence-electron chi connectivity index (χ1n) is 6.36. The number of likely N-dealkylation sites (tertiary alicyclic amines) is 1. The predicted octanol–water partition coefficient (Wildman–Crippen LogP) is 1.54. The van der Waals surface area contributed by atoms with Crippen LogP contribution < -0.4 is 5.43 Å². The third kappa shape index (κ3) is 3.17. The van der Waals surface area contributed by atoms with Crippen LogP contribution in [-0.4, -0.2) is 43.1 Å². The zero-order valence-electron chi connectivity index (χ0n) is 10.7. The van der Waals surface area contributed by atoms with Gasteiger partial charge in [0.2, 0.25) is 5.78 Å². The van der Waals surface area contributed by atoms with Gasteiger partial charge in [0.15, 0.2) is 0 Å². The van der Waals surface area contributed by atoms with Crippen molar-refractivity contribution in [1.82, 2.24) is 10.3 Å². The molecule has 0 spiro atoms. The second-order valence-corrected chi connectivity index (χ2v) is 4.46. The van der Waals surface area contributed by atoms with Crippen LogP contribution >= 0.6 is 0 Å². The van der Waals surface area contributed by atoms with Crippen LogP contribution in [0.15, 0.2) is 35.4 Å². The van der Waals surface area contributed by atoms with Gasteiger partial charge < -0.3 is 5.43 Å². The van der Waals surface area contributed by atoms with E-state index in [1.54, 1.807) is 7.05 Å². The molecule has 0 unspecified atom stereocenters. The molecular weight excluding hydrogens is 226 g/mol. The van der Waals surface area contributed by atoms with E-state index in [1.165, 1.54) is 12.8 Å². The number of carbonyl (C=O) groups is 1. The molecular formula is C14H19N3O. The first-order chi connectivity index (χ1) is 8.81. The van der Waals surface area contributed by atoms with Gasteiger partial charge in [0.05, 0.1) is 0 Å². The standard InChI is InChI=1S/C14H19N3O/c1-15-16-13(11-17-9-5-6-10-17)14(18)12-7-3-2-4-8-12/h2-4,7-8,15H,5-6,9-11H2,1H3/b16-13-. The summed E-state index contributed by atoms with van der Waals surface area (Å²) >= 11 is 0. The van der Waals surface area contributed by atoms with Gasteiger partial charge in [-0.2, -0.15) is 5.10 Å². The van der Waals surface area contributed by atoms with Crippen LogP contribution in [0.5, 0.6) is 0 Å². The van der Waals surface area contributed by atoms with E-state index in [-0.39, 0.29) is 5.78 Å². The van der Waals surface area contributed by atoms with Crippen LogP contribution in [0.2, 0.25) is 0 Å². The number of hydrogen-bond donors (Lipinski definition) is 1. The minimum atomic E-state index is 0.0110. The van der Waals surface area contributed by atoms with Gasteiger partial charge >= 0.3 is 0 Å². The van der Waals surface area contributed by atoms with Crippen molar-refractivity contribution in [2.75, 3.05) is 26.7 Å². The van der Waals surface area contributed by atoms with Gasteiger partial charge in [-0.25, -0.2) is 0 Å². The van der Waals surface area contributed by atoms with Crippen molar-refractivity contribution in [2.45, 2.75) is 12.8 Å². The second kappa shape index (κ2) is 6.31. The first-order valence-corrected chi connectivity index (χ1v) is 6.36. The highest BCUT2D eigenvalue weighted by molar-refractivity contribution is 6.46. The lowest BCUT2D eigenvalue weighted by Crippen LogP contribution is -2.32. The van der Waals surface area contributed by atoms with E-state index in [0.29, 0.717) is 17.8 Å². The number of carbonyl (C=O) groups excluding carboxylic acids is 1. The molecule has 2 rings (SSSR count). The Morgan fingerprint density at radius 2 is 1.94 bits per heavy atom. The van der Waals surface area contributed by atoms with E-state index in [2.05, 4.69) is 15.4 Å². The summed E-state index contributed by atoms with van der Waals surface area (Å²) in [5.41, 5.74) is 4.02. The fourth-order valence-corrected chi connectivity index (χ4v) is 2.20. The lowest BCUT2D eigenvalue weighted by atomic mass is 10.1. The molecule has 0 amide bonds. The SMILES string of the molecule is CN/N=C(/CN1CCCC1)C(=O)c1ccccc1. The number of nitrogens with zero attached hydrogens (tertiary/aromatic N) is 2. The van der Waals surface area contributed by atoms with Gasteiger partial charge in [0.1, 0.15) is 5.71 Å². The van der Waals surface area contributed by atoms with Crippen LogP contribution in [0.4, 0.5) is 0 Å². The number of hydrogen-bond acceptors (Lipinski definition) is 4. The lowest BCUT2D eigenvalue weighted by Gasteiger charge is -2.15. The number of benzene rings is 1. The molecule has 1 aliphatic rings. The normalized spacial score (nSPS) is 16.8. The zero-order valence-corrected chi connectivity index (χ0v) is 10.7. The Kier molecular flexibility index (Phi) is 4.47. The summed E-state index contributed by atoms with van der Waals surface area (Å²) in [5.74, 6) is 0.0110. The average Bonchev–Trinajstić information content (AvgIpc) is 2.91. The Hall–Kier alpha value is -1.68. The number of hydrazone groups is 1. The highest BCUT2D eigenvalue weighted by atomic mass is 16.1. The van der Waals surface area contributed by atoms with E-state index >= 15 is 0 Å². The molecule has 96 valence electrons. The molecule has 0 bridgehead atoms. The Balaban J connectivity index is 2.10. The van der Waals surface area contributed by atoms with Crippen molar-refractivity contribution in [1.29, 1.82) is 0 Å². The molecule has 1 N–H and O–H groups in total. The molecule has 4 heteroatoms. The molecule has 0 saturated carbocycles. The van der Waals surface area contributed by atoms with Crippen molar-refractivity contribution in [3.05, 3.63) is 35.9 Å². The maximum absolute atomic E-state index is 12.3. The molecule has 1 heterocycles. The summed E-state index contributed by atoms with van der Waals surface area (Å²) in [7, 11) is 1.72. The lowest BCUT2D eigenvalue weighted by molar-refractivity contribution is 0.106. The van der Waals surface area contributed by atoms with Gasteiger partial charge in [-0.1, -0.05) is 30.3 Å². The van der Waals surface area contributed by atoms with Crippen molar-refractivity contribution in [2.24, 2.45) is 5.10 Å². The fourth-order valence-electron chi connectivity index (χ4n) is 2.20. The van der Waals surface area contributed by atoms with Crippen molar-refractivity contribution < 1.29 is 4.79 Å². The van der Waals surface area contributed by atoms with Gasteiger partial charge in [0, 0.05) is 19.2 Å². The van der Waals surface area contributed by atoms with E-state index < -0.39 is 0 Å². The van der Waals surface area contributed by atoms with Gasteiger partial charge in [0.25, 0.3) is 0 Å². The van der Waals surface area contributed by atoms with Crippen molar-refractivity contribution in [3.63, 3.8) is 0 Å². The number of Topliss-reactive ketones (excluding diaryl/α,β-unsaturated/α-hetero) is 1. The van der Waals surface area contributed by atoms with Gasteiger partial charge in [-0.3, -0.25) is 9.69 Å². The van der Waals surface area contributed by atoms with Crippen molar-refractivity contribution in [3.8, 4) is 0 Å². The molecule has 0 aliphatic carbocycles. The molecule has 1 saturated heterocycles. The summed E-state index contributed by atoms with van der Waals surface area (Å²) in [5, 5.41) is 4.14. The molecule has 0 radical (unpaired) electrons. The van der Waals surface area contributed by atoms with Crippen molar-refractivity contribution >= 4 is 11.5 Å². The Labute approximate surface area is 108 Å². The van der Waals surface area contributed by atoms with Gasteiger partial charge in [-0.05, 0) is 25.9 Å². The van der Waals surface area contributed by atoms with E-state index in [9.17, 15) is 4.79 Å². The Morgan fingerprint density at radius 1 is 1.28 bits per heavy atom. The van der Waals surface area contributed by atoms with Crippen LogP contribution in [0.1, 0.15) is 23.2 Å². The molecule has 18 heavy (non-hydrogen) atoms.